The molecule has 4 heteroatoms. The number of hydrogen-bond donors (Lipinski definition) is 0. The van der Waals surface area contributed by atoms with E-state index in [1.54, 1.807) is 0 Å². The Morgan fingerprint density at radius 2 is 1.11 bits per heavy atom. The summed E-state index contributed by atoms with van der Waals surface area (Å²) in [6.07, 6.45) is 0. The van der Waals surface area contributed by atoms with Crippen molar-refractivity contribution < 1.29 is 4.42 Å². The SMILES string of the molecule is CC1(C)c2ccccc2-c2cc(-c3cc(-c4cccc5c4nc(-c4ccccc4)c4ccc6oc7ccccc7c6c45)nc(-c4ccccc4)n3)ccc21. The van der Waals surface area contributed by atoms with Crippen molar-refractivity contribution in [3.63, 3.8) is 0 Å². The molecule has 0 spiro atoms. The zero-order valence-corrected chi connectivity index (χ0v) is 29.8. The van der Waals surface area contributed by atoms with Gasteiger partial charge < -0.3 is 4.42 Å². The first-order valence-corrected chi connectivity index (χ1v) is 18.4. The molecule has 1 aliphatic carbocycles. The lowest BCUT2D eigenvalue weighted by molar-refractivity contribution is 0.660. The monoisotopic (exact) mass is 691 g/mol. The summed E-state index contributed by atoms with van der Waals surface area (Å²) >= 11 is 0. The fraction of sp³-hybridized carbons (Fsp3) is 0.0600. The Morgan fingerprint density at radius 1 is 0.426 bits per heavy atom. The van der Waals surface area contributed by atoms with Crippen molar-refractivity contribution in [3.05, 3.63) is 175 Å². The molecule has 3 aromatic heterocycles. The summed E-state index contributed by atoms with van der Waals surface area (Å²) in [4.78, 5) is 16.1. The van der Waals surface area contributed by atoms with Crippen molar-refractivity contribution in [1.29, 1.82) is 0 Å². The van der Waals surface area contributed by atoms with E-state index in [0.717, 1.165) is 82.9 Å². The van der Waals surface area contributed by atoms with Gasteiger partial charge in [0, 0.05) is 54.6 Å². The van der Waals surface area contributed by atoms with Gasteiger partial charge in [0.1, 0.15) is 11.2 Å². The Labute approximate surface area is 312 Å². The lowest BCUT2D eigenvalue weighted by Gasteiger charge is -2.21. The topological polar surface area (TPSA) is 51.8 Å². The van der Waals surface area contributed by atoms with Crippen LogP contribution in [-0.4, -0.2) is 15.0 Å². The maximum Gasteiger partial charge on any atom is 0.160 e. The number of benzene rings is 7. The van der Waals surface area contributed by atoms with E-state index in [1.165, 1.54) is 22.3 Å². The zero-order chi connectivity index (χ0) is 36.0. The Hall–Kier alpha value is -6.91. The standard InChI is InChI=1S/C50H33N3O/c1-50(2)39-22-11-9-18-33(39)38-28-32(24-26-40(38)50)41-29-42(52-49(51-41)31-16-7-4-8-17-31)34-20-13-21-36-45-37(47(53-48(34)36)30-14-5-3-6-15-30)25-27-44-46(45)35-19-10-12-23-43(35)54-44/h3-29H,1-2H3. The second kappa shape index (κ2) is 11.5. The summed E-state index contributed by atoms with van der Waals surface area (Å²) in [6.45, 7) is 4.63. The maximum atomic E-state index is 6.42. The fourth-order valence-electron chi connectivity index (χ4n) is 8.68. The number of pyridine rings is 1. The molecule has 0 bridgehead atoms. The van der Waals surface area contributed by atoms with Gasteiger partial charge in [0.2, 0.25) is 0 Å². The second-order valence-corrected chi connectivity index (χ2v) is 14.7. The molecular formula is C50H33N3O. The van der Waals surface area contributed by atoms with E-state index in [-0.39, 0.29) is 5.41 Å². The molecule has 3 heterocycles. The van der Waals surface area contributed by atoms with Gasteiger partial charge in [-0.2, -0.15) is 0 Å². The molecule has 0 unspecified atom stereocenters. The van der Waals surface area contributed by atoms with Gasteiger partial charge in [-0.15, -0.1) is 0 Å². The van der Waals surface area contributed by atoms with Crippen LogP contribution in [0.2, 0.25) is 0 Å². The van der Waals surface area contributed by atoms with Crippen molar-refractivity contribution in [1.82, 2.24) is 15.0 Å². The van der Waals surface area contributed by atoms with Crippen molar-refractivity contribution in [2.75, 3.05) is 0 Å². The average Bonchev–Trinajstić information content (AvgIpc) is 3.72. The van der Waals surface area contributed by atoms with E-state index in [0.29, 0.717) is 5.82 Å². The maximum absolute atomic E-state index is 6.42. The Morgan fingerprint density at radius 3 is 1.96 bits per heavy atom. The van der Waals surface area contributed by atoms with Gasteiger partial charge in [-0.3, -0.25) is 0 Å². The summed E-state index contributed by atoms with van der Waals surface area (Å²) in [5.41, 5.74) is 14.4. The molecule has 54 heavy (non-hydrogen) atoms. The summed E-state index contributed by atoms with van der Waals surface area (Å²) in [5, 5.41) is 5.45. The molecule has 0 aliphatic heterocycles. The third-order valence-corrected chi connectivity index (χ3v) is 11.3. The van der Waals surface area contributed by atoms with E-state index in [9.17, 15) is 0 Å². The molecule has 0 saturated heterocycles. The number of hydrogen-bond acceptors (Lipinski definition) is 4. The molecule has 0 amide bonds. The van der Waals surface area contributed by atoms with Crippen LogP contribution in [-0.2, 0) is 5.41 Å². The number of nitrogens with zero attached hydrogens (tertiary/aromatic N) is 3. The van der Waals surface area contributed by atoms with Crippen LogP contribution in [0.5, 0.6) is 0 Å². The van der Waals surface area contributed by atoms with Crippen molar-refractivity contribution in [2.24, 2.45) is 0 Å². The predicted molar refractivity (Wildman–Crippen MR) is 221 cm³/mol. The Balaban J connectivity index is 1.21. The van der Waals surface area contributed by atoms with Crippen LogP contribution in [0.3, 0.4) is 0 Å². The summed E-state index contributed by atoms with van der Waals surface area (Å²) in [5.74, 6) is 0.675. The molecule has 1 aliphatic rings. The van der Waals surface area contributed by atoms with Gasteiger partial charge in [0.05, 0.1) is 22.6 Å². The van der Waals surface area contributed by atoms with Crippen LogP contribution in [0, 0.1) is 0 Å². The lowest BCUT2D eigenvalue weighted by atomic mass is 9.82. The minimum absolute atomic E-state index is 0.0733. The van der Waals surface area contributed by atoms with Crippen molar-refractivity contribution >= 4 is 43.6 Å². The van der Waals surface area contributed by atoms with Gasteiger partial charge in [0.15, 0.2) is 5.82 Å². The van der Waals surface area contributed by atoms with Gasteiger partial charge >= 0.3 is 0 Å². The van der Waals surface area contributed by atoms with Gasteiger partial charge in [-0.05, 0) is 52.6 Å². The number of rotatable bonds is 4. The molecule has 0 saturated carbocycles. The van der Waals surface area contributed by atoms with E-state index >= 15 is 0 Å². The van der Waals surface area contributed by atoms with E-state index in [1.807, 2.05) is 36.4 Å². The van der Waals surface area contributed by atoms with Gasteiger partial charge in [0.25, 0.3) is 0 Å². The normalized spacial score (nSPS) is 13.1. The molecule has 4 nitrogen and oxygen atoms in total. The van der Waals surface area contributed by atoms with Crippen molar-refractivity contribution in [2.45, 2.75) is 19.3 Å². The van der Waals surface area contributed by atoms with Crippen LogP contribution in [0.1, 0.15) is 25.0 Å². The Bertz CT molecular complexity index is 3120. The third kappa shape index (κ3) is 4.53. The second-order valence-electron chi connectivity index (χ2n) is 14.7. The van der Waals surface area contributed by atoms with Crippen LogP contribution < -0.4 is 0 Å². The smallest absolute Gasteiger partial charge is 0.160 e. The molecule has 10 aromatic rings. The minimum atomic E-state index is -0.0733. The first-order chi connectivity index (χ1) is 26.5. The van der Waals surface area contributed by atoms with E-state index in [4.69, 9.17) is 19.4 Å². The number of furan rings is 1. The number of aromatic nitrogens is 3. The molecular weight excluding hydrogens is 659 g/mol. The number of fused-ring (bicyclic) bond motifs is 10. The van der Waals surface area contributed by atoms with Crippen molar-refractivity contribution in [3.8, 4) is 56.3 Å². The van der Waals surface area contributed by atoms with Crippen LogP contribution >= 0.6 is 0 Å². The first-order valence-electron chi connectivity index (χ1n) is 18.4. The number of para-hydroxylation sites is 2. The highest BCUT2D eigenvalue weighted by Gasteiger charge is 2.35. The minimum Gasteiger partial charge on any atom is -0.456 e. The molecule has 254 valence electrons. The largest absolute Gasteiger partial charge is 0.456 e. The lowest BCUT2D eigenvalue weighted by Crippen LogP contribution is -2.14. The first kappa shape index (κ1) is 30.7. The summed E-state index contributed by atoms with van der Waals surface area (Å²) < 4.78 is 6.42. The third-order valence-electron chi connectivity index (χ3n) is 11.3. The highest BCUT2D eigenvalue weighted by Crippen LogP contribution is 2.50. The highest BCUT2D eigenvalue weighted by atomic mass is 16.3. The van der Waals surface area contributed by atoms with Crippen LogP contribution in [0.15, 0.2) is 168 Å². The molecule has 0 radical (unpaired) electrons. The molecule has 0 fully saturated rings. The molecule has 7 aromatic carbocycles. The van der Waals surface area contributed by atoms with Crippen LogP contribution in [0.4, 0.5) is 0 Å². The quantitative estimate of drug-likeness (QED) is 0.172. The fourth-order valence-corrected chi connectivity index (χ4v) is 8.68. The van der Waals surface area contributed by atoms with Gasteiger partial charge in [-0.25, -0.2) is 15.0 Å². The van der Waals surface area contributed by atoms with Crippen LogP contribution in [0.25, 0.3) is 99.9 Å². The van der Waals surface area contributed by atoms with E-state index < -0.39 is 0 Å². The average molecular weight is 692 g/mol. The molecule has 0 atom stereocenters. The predicted octanol–water partition coefficient (Wildman–Crippen LogP) is 13.1. The molecule has 11 rings (SSSR count). The summed E-state index contributed by atoms with van der Waals surface area (Å²) in [7, 11) is 0. The molecule has 0 N–H and O–H groups in total. The Kier molecular flexibility index (Phi) is 6.56. The zero-order valence-electron chi connectivity index (χ0n) is 29.8. The highest BCUT2D eigenvalue weighted by molar-refractivity contribution is 6.29. The van der Waals surface area contributed by atoms with E-state index in [2.05, 4.69) is 141 Å². The summed E-state index contributed by atoms with van der Waals surface area (Å²) in [6, 6.07) is 57.4. The van der Waals surface area contributed by atoms with Gasteiger partial charge in [-0.1, -0.05) is 147 Å².